The summed E-state index contributed by atoms with van der Waals surface area (Å²) < 4.78 is 50.0. The lowest BCUT2D eigenvalue weighted by atomic mass is 10.2. The van der Waals surface area contributed by atoms with Crippen molar-refractivity contribution in [3.05, 3.63) is 52.9 Å². The number of hydrogen-bond acceptors (Lipinski definition) is 6. The van der Waals surface area contributed by atoms with Crippen LogP contribution in [-0.2, 0) is 7.05 Å². The first-order chi connectivity index (χ1) is 14.4. The van der Waals surface area contributed by atoms with E-state index < -0.39 is 23.9 Å². The maximum Gasteiger partial charge on any atom is 0.422 e. The van der Waals surface area contributed by atoms with Crippen LogP contribution >= 0.6 is 0 Å². The molecule has 0 radical (unpaired) electrons. The van der Waals surface area contributed by atoms with E-state index in [1.165, 1.54) is 44.2 Å². The van der Waals surface area contributed by atoms with Crippen molar-refractivity contribution < 1.29 is 27.8 Å². The minimum Gasteiger partial charge on any atom is -0.484 e. The van der Waals surface area contributed by atoms with Gasteiger partial charge in [0.15, 0.2) is 6.61 Å². The van der Waals surface area contributed by atoms with Crippen LogP contribution in [0.2, 0.25) is 0 Å². The van der Waals surface area contributed by atoms with Crippen LogP contribution in [0.25, 0.3) is 17.1 Å². The van der Waals surface area contributed by atoms with Gasteiger partial charge in [0.05, 0.1) is 22.7 Å². The monoisotopic (exact) mass is 438 g/mol. The maximum absolute atomic E-state index is 12.9. The Kier molecular flexibility index (Phi) is 6.07. The highest BCUT2D eigenvalue weighted by Gasteiger charge is 2.28. The van der Waals surface area contributed by atoms with E-state index >= 15 is 0 Å². The molecule has 31 heavy (non-hydrogen) atoms. The smallest absolute Gasteiger partial charge is 0.422 e. The van der Waals surface area contributed by atoms with Crippen LogP contribution in [0.15, 0.2) is 47.4 Å². The van der Waals surface area contributed by atoms with E-state index in [-0.39, 0.29) is 18.4 Å². The largest absolute Gasteiger partial charge is 0.484 e. The molecule has 3 rings (SSSR count). The lowest BCUT2D eigenvalue weighted by Crippen LogP contribution is -2.31. The number of aromatic nitrogens is 4. The van der Waals surface area contributed by atoms with Crippen molar-refractivity contribution >= 4 is 0 Å². The Morgan fingerprint density at radius 2 is 1.74 bits per heavy atom. The fourth-order valence-electron chi connectivity index (χ4n) is 2.65. The average Bonchev–Trinajstić information content (AvgIpc) is 3.10. The topological polar surface area (TPSA) is 91.4 Å². The highest BCUT2D eigenvalue weighted by molar-refractivity contribution is 5.54. The van der Waals surface area contributed by atoms with Gasteiger partial charge in [-0.2, -0.15) is 23.3 Å². The van der Waals surface area contributed by atoms with Gasteiger partial charge in [0.25, 0.3) is 5.56 Å². The molecule has 8 nitrogen and oxygen atoms in total. The summed E-state index contributed by atoms with van der Waals surface area (Å²) >= 11 is 0. The van der Waals surface area contributed by atoms with Crippen molar-refractivity contribution in [2.24, 2.45) is 7.05 Å². The summed E-state index contributed by atoms with van der Waals surface area (Å²) in [7, 11) is 1.69. The van der Waals surface area contributed by atoms with Gasteiger partial charge in [-0.1, -0.05) is 0 Å². The summed E-state index contributed by atoms with van der Waals surface area (Å²) in [5.74, 6) is -0.00690. The normalized spacial score (nSPS) is 12.1. The van der Waals surface area contributed by atoms with Crippen molar-refractivity contribution in [3.8, 4) is 28.8 Å². The van der Waals surface area contributed by atoms with Crippen molar-refractivity contribution in [2.75, 3.05) is 13.2 Å². The van der Waals surface area contributed by atoms with Crippen LogP contribution < -0.4 is 15.0 Å². The molecule has 0 fully saturated rings. The third-order valence-electron chi connectivity index (χ3n) is 4.02. The molecule has 0 amide bonds. The number of hydrogen-bond donors (Lipinski definition) is 1. The fourth-order valence-corrected chi connectivity index (χ4v) is 2.65. The predicted octanol–water partition coefficient (Wildman–Crippen LogP) is 2.72. The molecule has 0 aliphatic rings. The Balaban J connectivity index is 2.00. The zero-order chi connectivity index (χ0) is 22.8. The van der Waals surface area contributed by atoms with Gasteiger partial charge in [0.2, 0.25) is 0 Å². The van der Waals surface area contributed by atoms with Crippen LogP contribution in [0.4, 0.5) is 13.2 Å². The number of benzene rings is 1. The average molecular weight is 438 g/mol. The minimum atomic E-state index is -4.46. The van der Waals surface area contributed by atoms with Crippen molar-refractivity contribution in [1.82, 2.24) is 19.3 Å². The van der Waals surface area contributed by atoms with E-state index in [0.29, 0.717) is 17.1 Å². The molecule has 0 aliphatic heterocycles. The summed E-state index contributed by atoms with van der Waals surface area (Å²) in [5, 5.41) is 14.1. The van der Waals surface area contributed by atoms with Gasteiger partial charge in [0, 0.05) is 19.3 Å². The van der Waals surface area contributed by atoms with Gasteiger partial charge >= 0.3 is 12.2 Å². The van der Waals surface area contributed by atoms with Gasteiger partial charge in [-0.25, -0.2) is 4.57 Å². The molecule has 0 bridgehead atoms. The van der Waals surface area contributed by atoms with Crippen LogP contribution in [0.3, 0.4) is 0 Å². The fraction of sp³-hybridized carbons (Fsp3) is 0.350. The first-order valence-corrected chi connectivity index (χ1v) is 9.21. The molecular weight excluding hydrogens is 417 g/mol. The van der Waals surface area contributed by atoms with Crippen LogP contribution in [0, 0.1) is 0 Å². The van der Waals surface area contributed by atoms with Gasteiger partial charge < -0.3 is 14.6 Å². The Morgan fingerprint density at radius 1 is 1.06 bits per heavy atom. The van der Waals surface area contributed by atoms with Crippen LogP contribution in [-0.4, -0.2) is 49.4 Å². The second-order valence-corrected chi connectivity index (χ2v) is 7.44. The standard InChI is InChI=1S/C20H21F3N4O4/c1-19(2,29)11-31-18-25-15(16-8-9-24-26(16)3)10-17(28)27(18)13-4-6-14(7-5-13)30-12-20(21,22)23/h4-10,29H,11-12H2,1-3H3. The van der Waals surface area contributed by atoms with Crippen LogP contribution in [0.5, 0.6) is 11.8 Å². The summed E-state index contributed by atoms with van der Waals surface area (Å²) in [6.07, 6.45) is -2.90. The van der Waals surface area contributed by atoms with E-state index in [1.54, 1.807) is 24.0 Å². The first-order valence-electron chi connectivity index (χ1n) is 9.21. The Labute approximate surface area is 175 Å². The van der Waals surface area contributed by atoms with E-state index in [1.807, 2.05) is 0 Å². The van der Waals surface area contributed by atoms with Crippen molar-refractivity contribution in [3.63, 3.8) is 0 Å². The summed E-state index contributed by atoms with van der Waals surface area (Å²) in [6, 6.07) is 8.32. The lowest BCUT2D eigenvalue weighted by molar-refractivity contribution is -0.153. The SMILES string of the molecule is Cn1nccc1-c1cc(=O)n(-c2ccc(OCC(F)(F)F)cc2)c(OCC(C)(C)O)n1. The number of halogens is 3. The third-order valence-corrected chi connectivity index (χ3v) is 4.02. The number of alkyl halides is 3. The van der Waals surface area contributed by atoms with Gasteiger partial charge in [-0.05, 0) is 44.2 Å². The van der Waals surface area contributed by atoms with E-state index in [9.17, 15) is 23.1 Å². The highest BCUT2D eigenvalue weighted by atomic mass is 19.4. The predicted molar refractivity (Wildman–Crippen MR) is 105 cm³/mol. The molecule has 0 saturated heterocycles. The second-order valence-electron chi connectivity index (χ2n) is 7.44. The molecule has 2 aromatic heterocycles. The maximum atomic E-state index is 12.9. The molecule has 0 unspecified atom stereocenters. The van der Waals surface area contributed by atoms with Crippen molar-refractivity contribution in [2.45, 2.75) is 25.6 Å². The molecule has 2 heterocycles. The second kappa shape index (κ2) is 8.42. The molecule has 0 spiro atoms. The zero-order valence-corrected chi connectivity index (χ0v) is 17.1. The summed E-state index contributed by atoms with van der Waals surface area (Å²) in [6.45, 7) is 1.49. The summed E-state index contributed by atoms with van der Waals surface area (Å²) in [5.41, 5.74) is -0.481. The molecule has 3 aromatic rings. The van der Waals surface area contributed by atoms with E-state index in [0.717, 1.165) is 4.57 Å². The quantitative estimate of drug-likeness (QED) is 0.610. The van der Waals surface area contributed by atoms with Gasteiger partial charge in [0.1, 0.15) is 12.4 Å². The number of rotatable bonds is 7. The Bertz CT molecular complexity index is 1100. The molecule has 0 atom stereocenters. The Morgan fingerprint density at radius 3 is 2.29 bits per heavy atom. The van der Waals surface area contributed by atoms with E-state index in [4.69, 9.17) is 9.47 Å². The number of nitrogens with zero attached hydrogens (tertiary/aromatic N) is 4. The molecule has 166 valence electrons. The number of aryl methyl sites for hydroxylation is 1. The van der Waals surface area contributed by atoms with Crippen molar-refractivity contribution in [1.29, 1.82) is 0 Å². The Hall–Kier alpha value is -3.34. The molecule has 0 aliphatic carbocycles. The first kappa shape index (κ1) is 22.3. The van der Waals surface area contributed by atoms with Gasteiger partial charge in [-0.15, -0.1) is 0 Å². The third kappa shape index (κ3) is 5.85. The molecule has 1 aromatic carbocycles. The van der Waals surface area contributed by atoms with E-state index in [2.05, 4.69) is 10.1 Å². The molecule has 0 saturated carbocycles. The minimum absolute atomic E-state index is 0.00690. The van der Waals surface area contributed by atoms with Crippen LogP contribution in [0.1, 0.15) is 13.8 Å². The number of aliphatic hydroxyl groups is 1. The highest BCUT2D eigenvalue weighted by Crippen LogP contribution is 2.23. The lowest BCUT2D eigenvalue weighted by Gasteiger charge is -2.20. The molecular formula is C20H21F3N4O4. The molecule has 1 N–H and O–H groups in total. The number of ether oxygens (including phenoxy) is 2. The van der Waals surface area contributed by atoms with Gasteiger partial charge in [-0.3, -0.25) is 9.48 Å². The molecule has 11 heteroatoms. The summed E-state index contributed by atoms with van der Waals surface area (Å²) in [4.78, 5) is 17.3. The zero-order valence-electron chi connectivity index (χ0n) is 17.1.